The topological polar surface area (TPSA) is 95.5 Å². The van der Waals surface area contributed by atoms with Crippen molar-refractivity contribution in [2.75, 3.05) is 10.5 Å². The van der Waals surface area contributed by atoms with Crippen molar-refractivity contribution in [3.8, 4) is 0 Å². The number of benzene rings is 2. The van der Waals surface area contributed by atoms with Crippen molar-refractivity contribution in [2.45, 2.75) is 19.3 Å². The van der Waals surface area contributed by atoms with E-state index in [9.17, 15) is 13.2 Å². The van der Waals surface area contributed by atoms with E-state index < -0.39 is 21.8 Å². The van der Waals surface area contributed by atoms with Crippen LogP contribution in [0.3, 0.4) is 0 Å². The average Bonchev–Trinajstić information content (AvgIpc) is 2.57. The van der Waals surface area contributed by atoms with E-state index in [1.54, 1.807) is 60.9 Å². The molecule has 0 aromatic heterocycles. The van der Waals surface area contributed by atoms with Gasteiger partial charge in [-0.2, -0.15) is 0 Å². The first kappa shape index (κ1) is 18.0. The highest BCUT2D eigenvalue weighted by atomic mass is 32.2. The SMILES string of the molecule is CCCS(=O)(=O)Nc1ccc(C(C(=O)NO)c2ccccc2)cc1. The summed E-state index contributed by atoms with van der Waals surface area (Å²) in [7, 11) is -3.36. The fourth-order valence-corrected chi connectivity index (χ4v) is 3.58. The number of carbonyl (C=O) groups is 1. The van der Waals surface area contributed by atoms with Crippen LogP contribution in [0, 0.1) is 0 Å². The molecule has 1 unspecified atom stereocenters. The number of sulfonamides is 1. The van der Waals surface area contributed by atoms with Crippen molar-refractivity contribution in [3.63, 3.8) is 0 Å². The number of anilines is 1. The van der Waals surface area contributed by atoms with Crippen LogP contribution in [0.4, 0.5) is 5.69 Å². The molecule has 2 aromatic rings. The molecule has 1 amide bonds. The maximum Gasteiger partial charge on any atom is 0.255 e. The predicted molar refractivity (Wildman–Crippen MR) is 92.4 cm³/mol. The second kappa shape index (κ2) is 7.94. The van der Waals surface area contributed by atoms with Gasteiger partial charge in [-0.05, 0) is 29.7 Å². The lowest BCUT2D eigenvalue weighted by Gasteiger charge is -2.16. The standard InChI is InChI=1S/C17H20N2O4S/c1-2-12-24(22,23)19-15-10-8-14(9-11-15)16(17(20)18-21)13-6-4-3-5-7-13/h3-11,16,19,21H,2,12H2,1H3,(H,18,20). The fraction of sp³-hybridized carbons (Fsp3) is 0.235. The van der Waals surface area contributed by atoms with Crippen molar-refractivity contribution >= 4 is 21.6 Å². The Morgan fingerprint density at radius 2 is 1.62 bits per heavy atom. The number of carbonyl (C=O) groups excluding carboxylic acids is 1. The van der Waals surface area contributed by atoms with Gasteiger partial charge in [-0.15, -0.1) is 0 Å². The molecule has 0 saturated carbocycles. The average molecular weight is 348 g/mol. The van der Waals surface area contributed by atoms with E-state index in [0.717, 1.165) is 5.56 Å². The van der Waals surface area contributed by atoms with Crippen LogP contribution in [0.2, 0.25) is 0 Å². The number of nitrogens with one attached hydrogen (secondary N) is 2. The summed E-state index contributed by atoms with van der Waals surface area (Å²) in [6.45, 7) is 1.79. The van der Waals surface area contributed by atoms with Gasteiger partial charge in [0, 0.05) is 5.69 Å². The van der Waals surface area contributed by atoms with Gasteiger partial charge in [0.1, 0.15) is 0 Å². The van der Waals surface area contributed by atoms with Gasteiger partial charge >= 0.3 is 0 Å². The lowest BCUT2D eigenvalue weighted by atomic mass is 9.90. The molecule has 0 fully saturated rings. The highest BCUT2D eigenvalue weighted by Gasteiger charge is 2.22. The molecular weight excluding hydrogens is 328 g/mol. The largest absolute Gasteiger partial charge is 0.289 e. The van der Waals surface area contributed by atoms with Crippen LogP contribution in [0.5, 0.6) is 0 Å². The Bertz CT molecular complexity index is 774. The van der Waals surface area contributed by atoms with Crippen LogP contribution in [0.25, 0.3) is 0 Å². The monoisotopic (exact) mass is 348 g/mol. The molecule has 0 aliphatic heterocycles. The van der Waals surface area contributed by atoms with Gasteiger partial charge in [0.25, 0.3) is 5.91 Å². The Labute approximate surface area is 141 Å². The third-order valence-corrected chi connectivity index (χ3v) is 4.99. The second-order valence-electron chi connectivity index (χ2n) is 5.36. The molecular formula is C17H20N2O4S. The van der Waals surface area contributed by atoms with Gasteiger partial charge in [0.05, 0.1) is 11.7 Å². The minimum atomic E-state index is -3.36. The Morgan fingerprint density at radius 1 is 1.04 bits per heavy atom. The van der Waals surface area contributed by atoms with E-state index in [4.69, 9.17) is 5.21 Å². The lowest BCUT2D eigenvalue weighted by molar-refractivity contribution is -0.129. The van der Waals surface area contributed by atoms with Crippen molar-refractivity contribution in [1.29, 1.82) is 0 Å². The molecule has 128 valence electrons. The molecule has 6 nitrogen and oxygen atoms in total. The quantitative estimate of drug-likeness (QED) is 0.529. The molecule has 1 atom stereocenters. The van der Waals surface area contributed by atoms with E-state index in [-0.39, 0.29) is 5.75 Å². The molecule has 7 heteroatoms. The molecule has 0 spiro atoms. The van der Waals surface area contributed by atoms with Crippen LogP contribution in [0.15, 0.2) is 54.6 Å². The first-order valence-corrected chi connectivity index (χ1v) is 9.21. The summed E-state index contributed by atoms with van der Waals surface area (Å²) >= 11 is 0. The van der Waals surface area contributed by atoms with Gasteiger partial charge in [0.15, 0.2) is 0 Å². The summed E-state index contributed by atoms with van der Waals surface area (Å²) in [4.78, 5) is 12.0. The minimum Gasteiger partial charge on any atom is -0.289 e. The lowest BCUT2D eigenvalue weighted by Crippen LogP contribution is -2.27. The second-order valence-corrected chi connectivity index (χ2v) is 7.20. The number of amides is 1. The van der Waals surface area contributed by atoms with Crippen LogP contribution >= 0.6 is 0 Å². The molecule has 0 heterocycles. The Balaban J connectivity index is 2.28. The molecule has 0 aliphatic rings. The maximum absolute atomic E-state index is 12.0. The number of hydroxylamine groups is 1. The zero-order chi connectivity index (χ0) is 17.6. The van der Waals surface area contributed by atoms with Crippen molar-refractivity contribution in [3.05, 3.63) is 65.7 Å². The van der Waals surface area contributed by atoms with Gasteiger partial charge in [-0.1, -0.05) is 49.4 Å². The molecule has 0 aliphatic carbocycles. The van der Waals surface area contributed by atoms with Gasteiger partial charge in [0.2, 0.25) is 10.0 Å². The molecule has 3 N–H and O–H groups in total. The normalized spacial score (nSPS) is 12.4. The molecule has 0 radical (unpaired) electrons. The highest BCUT2D eigenvalue weighted by Crippen LogP contribution is 2.26. The van der Waals surface area contributed by atoms with E-state index in [2.05, 4.69) is 4.72 Å². The minimum absolute atomic E-state index is 0.0499. The van der Waals surface area contributed by atoms with Crippen LogP contribution in [-0.4, -0.2) is 25.3 Å². The van der Waals surface area contributed by atoms with Gasteiger partial charge < -0.3 is 0 Å². The van der Waals surface area contributed by atoms with Crippen molar-refractivity contribution in [2.24, 2.45) is 0 Å². The van der Waals surface area contributed by atoms with Crippen LogP contribution < -0.4 is 10.2 Å². The smallest absolute Gasteiger partial charge is 0.255 e. The van der Waals surface area contributed by atoms with E-state index >= 15 is 0 Å². The first-order valence-electron chi connectivity index (χ1n) is 7.56. The molecule has 0 bridgehead atoms. The third-order valence-electron chi connectivity index (χ3n) is 3.50. The number of hydrogen-bond acceptors (Lipinski definition) is 4. The molecule has 2 rings (SSSR count). The summed E-state index contributed by atoms with van der Waals surface area (Å²) in [6.07, 6.45) is 0.528. The zero-order valence-corrected chi connectivity index (χ0v) is 14.1. The maximum atomic E-state index is 12.0. The first-order chi connectivity index (χ1) is 11.5. The summed E-state index contributed by atoms with van der Waals surface area (Å²) in [6, 6.07) is 15.6. The van der Waals surface area contributed by atoms with Crippen molar-refractivity contribution in [1.82, 2.24) is 5.48 Å². The van der Waals surface area contributed by atoms with Crippen molar-refractivity contribution < 1.29 is 18.4 Å². The summed E-state index contributed by atoms with van der Waals surface area (Å²) in [5.74, 6) is -1.19. The number of hydrogen-bond donors (Lipinski definition) is 3. The van der Waals surface area contributed by atoms with Gasteiger partial charge in [-0.3, -0.25) is 14.7 Å². The van der Waals surface area contributed by atoms with Crippen LogP contribution in [-0.2, 0) is 14.8 Å². The molecule has 2 aromatic carbocycles. The summed E-state index contributed by atoms with van der Waals surface area (Å²) < 4.78 is 26.1. The van der Waals surface area contributed by atoms with E-state index in [0.29, 0.717) is 17.7 Å². The summed E-state index contributed by atoms with van der Waals surface area (Å²) in [5.41, 5.74) is 3.48. The third kappa shape index (κ3) is 4.56. The molecule has 0 saturated heterocycles. The van der Waals surface area contributed by atoms with E-state index in [1.807, 2.05) is 6.07 Å². The number of rotatable bonds is 7. The zero-order valence-electron chi connectivity index (χ0n) is 13.3. The Kier molecular flexibility index (Phi) is 5.94. The Morgan fingerprint density at radius 3 is 2.17 bits per heavy atom. The van der Waals surface area contributed by atoms with Gasteiger partial charge in [-0.25, -0.2) is 13.9 Å². The predicted octanol–water partition coefficient (Wildman–Crippen LogP) is 2.48. The molecule has 24 heavy (non-hydrogen) atoms. The van der Waals surface area contributed by atoms with Crippen LogP contribution in [0.1, 0.15) is 30.4 Å². The Hall–Kier alpha value is -2.38. The summed E-state index contributed by atoms with van der Waals surface area (Å²) in [5, 5.41) is 9.00. The highest BCUT2D eigenvalue weighted by molar-refractivity contribution is 7.92. The van der Waals surface area contributed by atoms with E-state index in [1.165, 1.54) is 0 Å². The fourth-order valence-electron chi connectivity index (χ4n) is 2.45.